The fourth-order valence-corrected chi connectivity index (χ4v) is 1.99. The topological polar surface area (TPSA) is 66.5 Å². The number of fused-ring (bicyclic) bond motifs is 1. The van der Waals surface area contributed by atoms with Gasteiger partial charge in [-0.2, -0.15) is 0 Å². The van der Waals surface area contributed by atoms with Gasteiger partial charge in [0, 0.05) is 0 Å². The summed E-state index contributed by atoms with van der Waals surface area (Å²) in [5.41, 5.74) is 1.65. The summed E-state index contributed by atoms with van der Waals surface area (Å²) in [4.78, 5) is 21.6. The molecule has 2 N–H and O–H groups in total. The lowest BCUT2D eigenvalue weighted by Gasteiger charge is -2.05. The molecule has 0 bridgehead atoms. The van der Waals surface area contributed by atoms with Crippen molar-refractivity contribution in [2.45, 2.75) is 0 Å². The van der Waals surface area contributed by atoms with Crippen molar-refractivity contribution in [3.05, 3.63) is 51.8 Å². The van der Waals surface area contributed by atoms with Gasteiger partial charge in [0.1, 0.15) is 10.2 Å². The summed E-state index contributed by atoms with van der Waals surface area (Å²) in [6.07, 6.45) is 1.52. The zero-order valence-electron chi connectivity index (χ0n) is 8.68. The van der Waals surface area contributed by atoms with Gasteiger partial charge in [-0.15, -0.1) is 0 Å². The van der Waals surface area contributed by atoms with E-state index in [2.05, 4.69) is 15.0 Å². The summed E-state index contributed by atoms with van der Waals surface area (Å²) >= 11 is 5.06. The molecular weight excluding hydrogens is 236 g/mol. The van der Waals surface area contributed by atoms with Gasteiger partial charge < -0.3 is 4.98 Å². The highest BCUT2D eigenvalue weighted by molar-refractivity contribution is 7.71. The monoisotopic (exact) mass is 244 g/mol. The van der Waals surface area contributed by atoms with Crippen molar-refractivity contribution < 1.29 is 0 Å². The maximum atomic E-state index is 11.9. The molecule has 0 radical (unpaired) electrons. The molecule has 3 aromatic rings. The minimum Gasteiger partial charge on any atom is -0.341 e. The lowest BCUT2D eigenvalue weighted by molar-refractivity contribution is 0.941. The molecule has 84 valence electrons. The van der Waals surface area contributed by atoms with Gasteiger partial charge in [-0.25, -0.2) is 14.3 Å². The van der Waals surface area contributed by atoms with Gasteiger partial charge in [-0.1, -0.05) is 30.4 Å². The van der Waals surface area contributed by atoms with E-state index in [1.807, 2.05) is 30.3 Å². The Hall–Kier alpha value is -2.21. The third-order valence-corrected chi connectivity index (χ3v) is 2.80. The van der Waals surface area contributed by atoms with Crippen LogP contribution in [0.25, 0.3) is 16.9 Å². The van der Waals surface area contributed by atoms with Crippen LogP contribution >= 0.6 is 12.2 Å². The Kier molecular flexibility index (Phi) is 2.15. The molecule has 1 aromatic carbocycles. The average molecular weight is 244 g/mol. The molecule has 0 saturated carbocycles. The van der Waals surface area contributed by atoms with Crippen LogP contribution in [0.4, 0.5) is 0 Å². The Morgan fingerprint density at radius 1 is 1.24 bits per heavy atom. The Morgan fingerprint density at radius 3 is 2.76 bits per heavy atom. The first-order chi connectivity index (χ1) is 8.27. The number of hydrogen-bond acceptors (Lipinski definition) is 3. The Bertz CT molecular complexity index is 784. The molecule has 0 aliphatic carbocycles. The van der Waals surface area contributed by atoms with Crippen molar-refractivity contribution in [2.24, 2.45) is 0 Å². The predicted molar refractivity (Wildman–Crippen MR) is 66.9 cm³/mol. The number of imidazole rings is 1. The second-order valence-corrected chi connectivity index (χ2v) is 3.94. The van der Waals surface area contributed by atoms with E-state index in [4.69, 9.17) is 12.2 Å². The Morgan fingerprint density at radius 2 is 2.00 bits per heavy atom. The lowest BCUT2D eigenvalue weighted by Crippen LogP contribution is -2.21. The van der Waals surface area contributed by atoms with E-state index in [9.17, 15) is 4.79 Å². The molecule has 6 heteroatoms. The number of nitrogens with zero attached hydrogens (tertiary/aromatic N) is 2. The molecule has 0 spiro atoms. The first-order valence-electron chi connectivity index (χ1n) is 5.01. The second-order valence-electron chi connectivity index (χ2n) is 3.53. The highest BCUT2D eigenvalue weighted by atomic mass is 32.1. The summed E-state index contributed by atoms with van der Waals surface area (Å²) in [5, 5.41) is 0. The van der Waals surface area contributed by atoms with Crippen molar-refractivity contribution in [3.63, 3.8) is 0 Å². The van der Waals surface area contributed by atoms with Crippen molar-refractivity contribution >= 4 is 23.4 Å². The summed E-state index contributed by atoms with van der Waals surface area (Å²) in [6, 6.07) is 9.30. The Labute approximate surface area is 101 Å². The van der Waals surface area contributed by atoms with Crippen molar-refractivity contribution in [1.29, 1.82) is 0 Å². The van der Waals surface area contributed by atoms with E-state index in [1.54, 1.807) is 0 Å². The number of para-hydroxylation sites is 1. The standard InChI is InChI=1S/C11H8N4OS/c16-11-14-10(17)8-9(13-6-12-8)15(11)7-4-2-1-3-5-7/h1-6H,(H,12,13)(H,14,16,17). The van der Waals surface area contributed by atoms with Crippen LogP contribution in [0.3, 0.4) is 0 Å². The number of nitrogens with one attached hydrogen (secondary N) is 2. The maximum absolute atomic E-state index is 11.9. The number of benzene rings is 1. The van der Waals surface area contributed by atoms with Crippen LogP contribution in [-0.2, 0) is 0 Å². The van der Waals surface area contributed by atoms with Crippen LogP contribution in [0.2, 0.25) is 0 Å². The number of rotatable bonds is 1. The Balaban J connectivity index is 2.49. The van der Waals surface area contributed by atoms with E-state index >= 15 is 0 Å². The molecule has 0 aliphatic rings. The molecule has 0 fully saturated rings. The summed E-state index contributed by atoms with van der Waals surface area (Å²) in [7, 11) is 0. The highest BCUT2D eigenvalue weighted by Crippen LogP contribution is 2.12. The molecule has 3 rings (SSSR count). The van der Waals surface area contributed by atoms with E-state index in [0.717, 1.165) is 5.69 Å². The third kappa shape index (κ3) is 1.50. The van der Waals surface area contributed by atoms with E-state index < -0.39 is 0 Å². The normalized spacial score (nSPS) is 10.8. The van der Waals surface area contributed by atoms with Gasteiger partial charge in [0.25, 0.3) is 0 Å². The van der Waals surface area contributed by atoms with Crippen LogP contribution in [0, 0.1) is 4.64 Å². The van der Waals surface area contributed by atoms with Gasteiger partial charge in [0.2, 0.25) is 0 Å². The first-order valence-corrected chi connectivity index (χ1v) is 5.42. The van der Waals surface area contributed by atoms with Crippen molar-refractivity contribution in [1.82, 2.24) is 19.5 Å². The molecule has 5 nitrogen and oxygen atoms in total. The zero-order chi connectivity index (χ0) is 11.8. The van der Waals surface area contributed by atoms with Crippen LogP contribution in [0.5, 0.6) is 0 Å². The van der Waals surface area contributed by atoms with Crippen LogP contribution in [-0.4, -0.2) is 19.5 Å². The molecule has 0 unspecified atom stereocenters. The molecule has 2 heterocycles. The third-order valence-electron chi connectivity index (χ3n) is 2.50. The maximum Gasteiger partial charge on any atom is 0.332 e. The molecular formula is C11H8N4OS. The van der Waals surface area contributed by atoms with E-state index in [-0.39, 0.29) is 5.69 Å². The molecule has 0 saturated heterocycles. The summed E-state index contributed by atoms with van der Waals surface area (Å²) < 4.78 is 1.86. The fourth-order valence-electron chi connectivity index (χ4n) is 1.75. The smallest absolute Gasteiger partial charge is 0.332 e. The SMILES string of the molecule is O=c1[nH]c(=S)c2[nH]cnc2n1-c1ccccc1. The minimum absolute atomic E-state index is 0.291. The molecule has 2 aromatic heterocycles. The molecule has 17 heavy (non-hydrogen) atoms. The number of H-pyrrole nitrogens is 2. The number of aromatic amines is 2. The van der Waals surface area contributed by atoms with Gasteiger partial charge in [-0.3, -0.25) is 4.98 Å². The molecule has 0 amide bonds. The second kappa shape index (κ2) is 3.67. The zero-order valence-corrected chi connectivity index (χ0v) is 9.49. The quantitative estimate of drug-likeness (QED) is 0.641. The number of hydrogen-bond donors (Lipinski definition) is 2. The van der Waals surface area contributed by atoms with Gasteiger partial charge >= 0.3 is 5.69 Å². The van der Waals surface area contributed by atoms with Gasteiger partial charge in [-0.05, 0) is 12.1 Å². The highest BCUT2D eigenvalue weighted by Gasteiger charge is 2.08. The van der Waals surface area contributed by atoms with E-state index in [0.29, 0.717) is 15.8 Å². The average Bonchev–Trinajstić information content (AvgIpc) is 2.79. The first kappa shape index (κ1) is 9.98. The van der Waals surface area contributed by atoms with E-state index in [1.165, 1.54) is 10.9 Å². The fraction of sp³-hybridized carbons (Fsp3) is 0. The summed E-state index contributed by atoms with van der Waals surface area (Å²) in [5.74, 6) is 0. The van der Waals surface area contributed by atoms with Gasteiger partial charge in [0.05, 0.1) is 12.0 Å². The van der Waals surface area contributed by atoms with Crippen LogP contribution < -0.4 is 5.69 Å². The van der Waals surface area contributed by atoms with Gasteiger partial charge in [0.15, 0.2) is 5.65 Å². The van der Waals surface area contributed by atoms with Crippen molar-refractivity contribution in [2.75, 3.05) is 0 Å². The van der Waals surface area contributed by atoms with Crippen LogP contribution in [0.15, 0.2) is 41.5 Å². The summed E-state index contributed by atoms with van der Waals surface area (Å²) in [6.45, 7) is 0. The lowest BCUT2D eigenvalue weighted by atomic mass is 10.3. The van der Waals surface area contributed by atoms with Crippen molar-refractivity contribution in [3.8, 4) is 5.69 Å². The minimum atomic E-state index is -0.291. The predicted octanol–water partition coefficient (Wildman–Crippen LogP) is 1.77. The van der Waals surface area contributed by atoms with Crippen LogP contribution in [0.1, 0.15) is 0 Å². The molecule has 0 atom stereocenters. The number of aromatic nitrogens is 4. The molecule has 0 aliphatic heterocycles. The largest absolute Gasteiger partial charge is 0.341 e.